The maximum atomic E-state index is 12.1. The largest absolute Gasteiger partial charge is 0.486 e. The number of aliphatic carboxylic acids is 3. The predicted molar refractivity (Wildman–Crippen MR) is 114 cm³/mol. The highest BCUT2D eigenvalue weighted by Crippen LogP contribution is 2.30. The first-order chi connectivity index (χ1) is 15.3. The van der Waals surface area contributed by atoms with Crippen LogP contribution in [0.2, 0.25) is 0 Å². The van der Waals surface area contributed by atoms with E-state index in [4.69, 9.17) is 29.9 Å². The maximum Gasteiger partial charge on any atom is 0.336 e. The van der Waals surface area contributed by atoms with E-state index in [9.17, 15) is 19.2 Å². The Morgan fingerprint density at radius 3 is 1.94 bits per heavy atom. The van der Waals surface area contributed by atoms with Crippen molar-refractivity contribution in [3.8, 4) is 11.5 Å². The lowest BCUT2D eigenvalue weighted by molar-refractivity contribution is -0.170. The van der Waals surface area contributed by atoms with E-state index in [1.54, 1.807) is 4.90 Å². The molecule has 12 heteroatoms. The minimum absolute atomic E-state index is 0.114. The van der Waals surface area contributed by atoms with Crippen LogP contribution in [0.25, 0.3) is 0 Å². The normalized spacial score (nSPS) is 12.4. The Morgan fingerprint density at radius 1 is 0.909 bits per heavy atom. The molecule has 0 aliphatic carbocycles. The highest BCUT2D eigenvalue weighted by atomic mass is 16.6. The quantitative estimate of drug-likeness (QED) is 0.356. The molecule has 0 spiro atoms. The average Bonchev–Trinajstić information content (AvgIpc) is 2.71. The molecule has 4 N–H and O–H groups in total. The molecule has 0 atom stereocenters. The monoisotopic (exact) mass is 470 g/mol. The first-order valence-corrected chi connectivity index (χ1v) is 10.0. The Balaban J connectivity index is 0.000000366. The lowest BCUT2D eigenvalue weighted by atomic mass is 9.96. The number of likely N-dealkylation sites (N-methyl/N-ethyl adjacent to an activating group) is 2. The molecule has 0 unspecified atom stereocenters. The third kappa shape index (κ3) is 9.74. The van der Waals surface area contributed by atoms with Crippen LogP contribution >= 0.6 is 0 Å². The lowest BCUT2D eigenvalue weighted by Gasteiger charge is -2.21. The fourth-order valence-electron chi connectivity index (χ4n) is 2.70. The second-order valence-electron chi connectivity index (χ2n) is 7.75. The van der Waals surface area contributed by atoms with Crippen LogP contribution in [0, 0.1) is 0 Å². The van der Waals surface area contributed by atoms with Crippen LogP contribution in [0.3, 0.4) is 0 Å². The number of aliphatic hydroxyl groups is 1. The second-order valence-corrected chi connectivity index (χ2v) is 7.75. The standard InChI is InChI=1S/C15H22N2O3.C6H8O7/c1-16(2)6-7-17(3)15(18)11-12-4-5-13-14(10-12)20-9-8-19-13;7-3(8)1-6(13,5(11)12)2-4(9)10/h4-5,10H,6-9,11H2,1-3H3;13H,1-2H2,(H,7,8)(H,9,10)(H,11,12). The fourth-order valence-corrected chi connectivity index (χ4v) is 2.70. The summed E-state index contributed by atoms with van der Waals surface area (Å²) in [7, 11) is 5.84. The number of amides is 1. The van der Waals surface area contributed by atoms with Crippen LogP contribution in [0.1, 0.15) is 18.4 Å². The number of carbonyl (C=O) groups is 4. The summed E-state index contributed by atoms with van der Waals surface area (Å²) in [5, 5.41) is 33.8. The minimum atomic E-state index is -2.74. The number of benzene rings is 1. The van der Waals surface area contributed by atoms with Crippen LogP contribution in [0.15, 0.2) is 18.2 Å². The number of rotatable bonds is 10. The van der Waals surface area contributed by atoms with Crippen LogP contribution in [0.5, 0.6) is 11.5 Å². The van der Waals surface area contributed by atoms with Crippen molar-refractivity contribution in [2.24, 2.45) is 0 Å². The number of carboxylic acids is 3. The zero-order valence-corrected chi connectivity index (χ0v) is 18.8. The molecule has 1 aliphatic heterocycles. The van der Waals surface area contributed by atoms with Gasteiger partial charge in [-0.3, -0.25) is 14.4 Å². The topological polar surface area (TPSA) is 174 Å². The Kier molecular flexibility index (Phi) is 10.6. The molecule has 2 rings (SSSR count). The van der Waals surface area contributed by atoms with Gasteiger partial charge in [0.15, 0.2) is 17.1 Å². The van der Waals surface area contributed by atoms with Crippen LogP contribution in [-0.2, 0) is 25.6 Å². The third-order valence-electron chi connectivity index (χ3n) is 4.56. The smallest absolute Gasteiger partial charge is 0.336 e. The summed E-state index contributed by atoms with van der Waals surface area (Å²) < 4.78 is 11.0. The van der Waals surface area contributed by atoms with Crippen molar-refractivity contribution < 1.29 is 49.1 Å². The first-order valence-electron chi connectivity index (χ1n) is 10.0. The molecule has 0 saturated heterocycles. The van der Waals surface area contributed by atoms with Crippen LogP contribution < -0.4 is 9.47 Å². The Hall–Kier alpha value is -3.38. The van der Waals surface area contributed by atoms with E-state index in [1.807, 2.05) is 39.3 Å². The fraction of sp³-hybridized carbons (Fsp3) is 0.524. The summed E-state index contributed by atoms with van der Waals surface area (Å²) in [6, 6.07) is 5.69. The van der Waals surface area contributed by atoms with Gasteiger partial charge in [-0.1, -0.05) is 6.07 Å². The van der Waals surface area contributed by atoms with Gasteiger partial charge in [0.2, 0.25) is 5.91 Å². The minimum Gasteiger partial charge on any atom is -0.486 e. The molecule has 0 aromatic heterocycles. The summed E-state index contributed by atoms with van der Waals surface area (Å²) in [4.78, 5) is 46.4. The average molecular weight is 470 g/mol. The van der Waals surface area contributed by atoms with Gasteiger partial charge in [-0.25, -0.2) is 4.79 Å². The van der Waals surface area contributed by atoms with Gasteiger partial charge >= 0.3 is 17.9 Å². The van der Waals surface area contributed by atoms with Gasteiger partial charge in [-0.05, 0) is 31.8 Å². The number of carbonyl (C=O) groups excluding carboxylic acids is 1. The van der Waals surface area contributed by atoms with E-state index in [1.165, 1.54) is 0 Å². The number of carboxylic acid groups (broad SMARTS) is 3. The molecule has 33 heavy (non-hydrogen) atoms. The molecule has 184 valence electrons. The molecule has 12 nitrogen and oxygen atoms in total. The van der Waals surface area contributed by atoms with Crippen molar-refractivity contribution >= 4 is 23.8 Å². The molecule has 1 amide bonds. The van der Waals surface area contributed by atoms with Gasteiger partial charge in [0, 0.05) is 20.1 Å². The van der Waals surface area contributed by atoms with Gasteiger partial charge in [0.1, 0.15) is 13.2 Å². The number of ether oxygens (including phenoxy) is 2. The van der Waals surface area contributed by atoms with Crippen LogP contribution in [-0.4, -0.2) is 107 Å². The molecule has 1 aromatic carbocycles. The first kappa shape index (κ1) is 27.7. The van der Waals surface area contributed by atoms with Crippen LogP contribution in [0.4, 0.5) is 0 Å². The predicted octanol–water partition coefficient (Wildman–Crippen LogP) is -0.228. The second kappa shape index (κ2) is 12.6. The molecule has 0 fully saturated rings. The van der Waals surface area contributed by atoms with Crippen molar-refractivity contribution in [2.75, 3.05) is 47.4 Å². The van der Waals surface area contributed by atoms with E-state index < -0.39 is 36.4 Å². The molecule has 0 radical (unpaired) electrons. The number of hydrogen-bond acceptors (Lipinski definition) is 8. The lowest BCUT2D eigenvalue weighted by Crippen LogP contribution is -2.42. The van der Waals surface area contributed by atoms with Crippen molar-refractivity contribution in [2.45, 2.75) is 24.9 Å². The molecule has 1 aromatic rings. The summed E-state index contributed by atoms with van der Waals surface area (Å²) in [5.74, 6) is -3.41. The van der Waals surface area contributed by atoms with Gasteiger partial charge < -0.3 is 39.7 Å². The zero-order valence-electron chi connectivity index (χ0n) is 18.8. The van der Waals surface area contributed by atoms with Crippen molar-refractivity contribution in [1.29, 1.82) is 0 Å². The van der Waals surface area contributed by atoms with Gasteiger partial charge in [-0.2, -0.15) is 0 Å². The Bertz CT molecular complexity index is 839. The Labute approximate surface area is 190 Å². The summed E-state index contributed by atoms with van der Waals surface area (Å²) in [6.07, 6.45) is -1.90. The molecular weight excluding hydrogens is 440 g/mol. The molecule has 0 saturated carbocycles. The number of nitrogens with zero attached hydrogens (tertiary/aromatic N) is 2. The number of hydrogen-bond donors (Lipinski definition) is 4. The summed E-state index contributed by atoms with van der Waals surface area (Å²) in [5.41, 5.74) is -1.78. The maximum absolute atomic E-state index is 12.1. The highest BCUT2D eigenvalue weighted by molar-refractivity contribution is 5.88. The molecule has 0 bridgehead atoms. The van der Waals surface area contributed by atoms with Crippen molar-refractivity contribution in [3.63, 3.8) is 0 Å². The molecule has 1 aliphatic rings. The van der Waals surface area contributed by atoms with Crippen molar-refractivity contribution in [3.05, 3.63) is 23.8 Å². The van der Waals surface area contributed by atoms with Crippen molar-refractivity contribution in [1.82, 2.24) is 9.80 Å². The highest BCUT2D eigenvalue weighted by Gasteiger charge is 2.40. The van der Waals surface area contributed by atoms with E-state index in [2.05, 4.69) is 4.90 Å². The SMILES string of the molecule is CN(C)CCN(C)C(=O)Cc1ccc2c(c1)OCCO2.O=C(O)CC(O)(CC(=O)O)C(=O)O. The van der Waals surface area contributed by atoms with Gasteiger partial charge in [0.25, 0.3) is 0 Å². The van der Waals surface area contributed by atoms with E-state index in [-0.39, 0.29) is 5.91 Å². The van der Waals surface area contributed by atoms with E-state index in [0.29, 0.717) is 19.6 Å². The summed E-state index contributed by atoms with van der Waals surface area (Å²) in [6.45, 7) is 2.74. The van der Waals surface area contributed by atoms with Gasteiger partial charge in [-0.15, -0.1) is 0 Å². The van der Waals surface area contributed by atoms with E-state index >= 15 is 0 Å². The summed E-state index contributed by atoms with van der Waals surface area (Å²) >= 11 is 0. The molecular formula is C21H30N2O10. The zero-order chi connectivity index (χ0) is 25.2. The molecule has 1 heterocycles. The Morgan fingerprint density at radius 2 is 1.45 bits per heavy atom. The van der Waals surface area contributed by atoms with E-state index in [0.717, 1.165) is 30.2 Å². The third-order valence-corrected chi connectivity index (χ3v) is 4.56. The number of fused-ring (bicyclic) bond motifs is 1. The van der Waals surface area contributed by atoms with Gasteiger partial charge in [0.05, 0.1) is 19.3 Å².